The summed E-state index contributed by atoms with van der Waals surface area (Å²) in [7, 11) is 1.82. The monoisotopic (exact) mass is 396 g/mol. The van der Waals surface area contributed by atoms with Crippen LogP contribution in [-0.4, -0.2) is 25.4 Å². The first-order chi connectivity index (χ1) is 13.1. The minimum atomic E-state index is -0.499. The zero-order valence-electron chi connectivity index (χ0n) is 14.7. The van der Waals surface area contributed by atoms with Crippen molar-refractivity contribution in [2.45, 2.75) is 24.2 Å². The smallest absolute Gasteiger partial charge is 0.348 e. The molecule has 1 aromatic carbocycles. The molecule has 2 aliphatic rings. The molecule has 2 aromatic rings. The topological polar surface area (TPSA) is 70.4 Å². The van der Waals surface area contributed by atoms with Gasteiger partial charge in [-0.2, -0.15) is 5.26 Å². The van der Waals surface area contributed by atoms with Crippen LogP contribution in [0.15, 0.2) is 45.8 Å². The van der Waals surface area contributed by atoms with Gasteiger partial charge in [0, 0.05) is 16.8 Å². The van der Waals surface area contributed by atoms with Crippen LogP contribution >= 0.6 is 23.1 Å². The van der Waals surface area contributed by atoms with E-state index in [1.54, 1.807) is 0 Å². The number of anilines is 1. The molecule has 0 N–H and O–H groups in total. The number of carbonyl (C=O) groups is 2. The number of ether oxygens (including phenoxy) is 1. The molecule has 0 saturated carbocycles. The number of ketones is 1. The Kier molecular flexibility index (Phi) is 4.77. The third-order valence-electron chi connectivity index (χ3n) is 4.62. The SMILES string of the molecule is CN1/C(=C(/C#N)C(=O)COC(=O)c2cc3c(s2)CCC3)Sc2ccccc21. The minimum Gasteiger partial charge on any atom is -0.453 e. The van der Waals surface area contributed by atoms with Crippen LogP contribution in [-0.2, 0) is 22.4 Å². The maximum Gasteiger partial charge on any atom is 0.348 e. The lowest BCUT2D eigenvalue weighted by molar-refractivity contribution is -0.118. The second-order valence-corrected chi connectivity index (χ2v) is 8.50. The van der Waals surface area contributed by atoms with Crippen molar-refractivity contribution in [1.82, 2.24) is 0 Å². The summed E-state index contributed by atoms with van der Waals surface area (Å²) < 4.78 is 5.19. The zero-order chi connectivity index (χ0) is 19.0. The molecule has 1 aliphatic heterocycles. The van der Waals surface area contributed by atoms with Gasteiger partial charge in [-0.1, -0.05) is 23.9 Å². The molecule has 2 heterocycles. The summed E-state index contributed by atoms with van der Waals surface area (Å²) in [6.07, 6.45) is 3.12. The van der Waals surface area contributed by atoms with Crippen molar-refractivity contribution in [3.05, 3.63) is 56.3 Å². The highest BCUT2D eigenvalue weighted by molar-refractivity contribution is 8.03. The van der Waals surface area contributed by atoms with Gasteiger partial charge in [0.1, 0.15) is 21.5 Å². The highest BCUT2D eigenvalue weighted by Crippen LogP contribution is 2.46. The van der Waals surface area contributed by atoms with Gasteiger partial charge in [0.15, 0.2) is 6.61 Å². The van der Waals surface area contributed by atoms with Crippen LogP contribution in [0.1, 0.15) is 26.5 Å². The van der Waals surface area contributed by atoms with Gasteiger partial charge in [0.2, 0.25) is 5.78 Å². The number of esters is 1. The molecular formula is C20H16N2O3S2. The number of nitriles is 1. The van der Waals surface area contributed by atoms with Gasteiger partial charge in [-0.3, -0.25) is 4.79 Å². The summed E-state index contributed by atoms with van der Waals surface area (Å²) in [6, 6.07) is 11.5. The Morgan fingerprint density at radius 1 is 1.30 bits per heavy atom. The highest BCUT2D eigenvalue weighted by atomic mass is 32.2. The molecule has 27 heavy (non-hydrogen) atoms. The third kappa shape index (κ3) is 3.27. The van der Waals surface area contributed by atoms with Crippen LogP contribution in [0.5, 0.6) is 0 Å². The number of rotatable bonds is 4. The van der Waals surface area contributed by atoms with Gasteiger partial charge < -0.3 is 9.64 Å². The van der Waals surface area contributed by atoms with Crippen LogP contribution in [0, 0.1) is 11.3 Å². The summed E-state index contributed by atoms with van der Waals surface area (Å²) in [4.78, 5) is 29.4. The maximum atomic E-state index is 12.5. The van der Waals surface area contributed by atoms with E-state index in [-0.39, 0.29) is 5.57 Å². The third-order valence-corrected chi connectivity index (χ3v) is 7.08. The molecule has 7 heteroatoms. The van der Waals surface area contributed by atoms with E-state index < -0.39 is 18.4 Å². The average Bonchev–Trinajstić information content (AvgIpc) is 3.35. The first-order valence-corrected chi connectivity index (χ1v) is 10.2. The second kappa shape index (κ2) is 7.22. The summed E-state index contributed by atoms with van der Waals surface area (Å²) in [5.41, 5.74) is 2.17. The number of aryl methyl sites for hydroxylation is 2. The number of fused-ring (bicyclic) bond motifs is 2. The minimum absolute atomic E-state index is 0.0141. The molecule has 1 aliphatic carbocycles. The summed E-state index contributed by atoms with van der Waals surface area (Å²) in [5, 5.41) is 10.1. The Morgan fingerprint density at radius 2 is 2.11 bits per heavy atom. The molecule has 0 amide bonds. The van der Waals surface area contributed by atoms with E-state index in [1.165, 1.54) is 33.5 Å². The van der Waals surface area contributed by atoms with Crippen LogP contribution in [0.25, 0.3) is 0 Å². The average molecular weight is 396 g/mol. The normalized spacial score (nSPS) is 16.5. The van der Waals surface area contributed by atoms with E-state index in [1.807, 2.05) is 48.3 Å². The van der Waals surface area contributed by atoms with Crippen LogP contribution in [0.4, 0.5) is 5.69 Å². The van der Waals surface area contributed by atoms with Gasteiger partial charge in [0.05, 0.1) is 5.69 Å². The lowest BCUT2D eigenvalue weighted by Gasteiger charge is -2.14. The molecule has 4 rings (SSSR count). The maximum absolute atomic E-state index is 12.5. The van der Waals surface area contributed by atoms with E-state index >= 15 is 0 Å². The molecule has 1 aromatic heterocycles. The molecule has 5 nitrogen and oxygen atoms in total. The van der Waals surface area contributed by atoms with Crippen molar-refractivity contribution < 1.29 is 14.3 Å². The van der Waals surface area contributed by atoms with Gasteiger partial charge in [0.25, 0.3) is 0 Å². The van der Waals surface area contributed by atoms with Gasteiger partial charge in [-0.25, -0.2) is 4.79 Å². The van der Waals surface area contributed by atoms with Crippen molar-refractivity contribution in [2.24, 2.45) is 0 Å². The van der Waals surface area contributed by atoms with Gasteiger partial charge in [-0.05, 0) is 43.0 Å². The van der Waals surface area contributed by atoms with E-state index in [2.05, 4.69) is 0 Å². The van der Waals surface area contributed by atoms with E-state index in [0.717, 1.165) is 29.8 Å². The van der Waals surface area contributed by atoms with Gasteiger partial charge >= 0.3 is 5.97 Å². The molecule has 0 spiro atoms. The van der Waals surface area contributed by atoms with Crippen LogP contribution < -0.4 is 4.90 Å². The Bertz CT molecular complexity index is 995. The molecule has 0 fully saturated rings. The Labute approximate surface area is 165 Å². The summed E-state index contributed by atoms with van der Waals surface area (Å²) >= 11 is 2.81. The number of benzene rings is 1. The van der Waals surface area contributed by atoms with Crippen molar-refractivity contribution in [1.29, 1.82) is 5.26 Å². The predicted octanol–water partition coefficient (Wildman–Crippen LogP) is 3.94. The highest BCUT2D eigenvalue weighted by Gasteiger charge is 2.28. The summed E-state index contributed by atoms with van der Waals surface area (Å²) in [6.45, 7) is -0.432. The fourth-order valence-corrected chi connectivity index (χ4v) is 5.56. The number of hydrogen-bond donors (Lipinski definition) is 0. The number of Topliss-reactive ketones (excluding diaryl/α,β-unsaturated/α-hetero) is 1. The number of thioether (sulfide) groups is 1. The molecular weight excluding hydrogens is 380 g/mol. The first kappa shape index (κ1) is 17.8. The predicted molar refractivity (Wildman–Crippen MR) is 105 cm³/mol. The number of hydrogen-bond acceptors (Lipinski definition) is 7. The van der Waals surface area contributed by atoms with Crippen molar-refractivity contribution in [2.75, 3.05) is 18.6 Å². The molecule has 0 unspecified atom stereocenters. The largest absolute Gasteiger partial charge is 0.453 e. The molecule has 0 bridgehead atoms. The Hall–Kier alpha value is -2.56. The number of carbonyl (C=O) groups excluding carboxylic acids is 2. The van der Waals surface area contributed by atoms with Gasteiger partial charge in [-0.15, -0.1) is 11.3 Å². The van der Waals surface area contributed by atoms with Crippen molar-refractivity contribution in [3.63, 3.8) is 0 Å². The number of para-hydroxylation sites is 1. The van der Waals surface area contributed by atoms with Crippen molar-refractivity contribution >= 4 is 40.5 Å². The number of thiophene rings is 1. The quantitative estimate of drug-likeness (QED) is 0.443. The fraction of sp³-hybridized carbons (Fsp3) is 0.250. The molecule has 0 radical (unpaired) electrons. The standard InChI is InChI=1S/C20H16N2O3S2/c1-22-14-6-2-3-7-17(14)27-19(22)13(10-21)15(23)11-25-20(24)18-9-12-5-4-8-16(12)26-18/h2-3,6-7,9H,4-5,8,11H2,1H3/b19-13+. The summed E-state index contributed by atoms with van der Waals surface area (Å²) in [5.74, 6) is -0.988. The lowest BCUT2D eigenvalue weighted by atomic mass is 10.2. The van der Waals surface area contributed by atoms with Crippen molar-refractivity contribution in [3.8, 4) is 6.07 Å². The Morgan fingerprint density at radius 3 is 2.85 bits per heavy atom. The van der Waals surface area contributed by atoms with E-state index in [4.69, 9.17) is 4.74 Å². The zero-order valence-corrected chi connectivity index (χ0v) is 16.3. The number of nitrogens with zero attached hydrogens (tertiary/aromatic N) is 2. The lowest BCUT2D eigenvalue weighted by Crippen LogP contribution is -2.19. The first-order valence-electron chi connectivity index (χ1n) is 8.55. The Balaban J connectivity index is 1.47. The van der Waals surface area contributed by atoms with E-state index in [9.17, 15) is 14.9 Å². The molecule has 0 saturated heterocycles. The van der Waals surface area contributed by atoms with Crippen LogP contribution in [0.3, 0.4) is 0 Å². The molecule has 0 atom stereocenters. The van der Waals surface area contributed by atoms with E-state index in [0.29, 0.717) is 9.91 Å². The molecule has 136 valence electrons. The fourth-order valence-electron chi connectivity index (χ4n) is 3.25. The second-order valence-electron chi connectivity index (χ2n) is 6.33. The van der Waals surface area contributed by atoms with Crippen LogP contribution in [0.2, 0.25) is 0 Å².